The van der Waals surface area contributed by atoms with E-state index in [0.29, 0.717) is 28.5 Å². The van der Waals surface area contributed by atoms with Crippen molar-refractivity contribution in [3.63, 3.8) is 0 Å². The maximum absolute atomic E-state index is 12.9. The summed E-state index contributed by atoms with van der Waals surface area (Å²) in [4.78, 5) is 16.4. The number of hydrogen-bond acceptors (Lipinski definition) is 4. The van der Waals surface area contributed by atoms with Gasteiger partial charge >= 0.3 is 6.18 Å². The highest BCUT2D eigenvalue weighted by molar-refractivity contribution is 5.94. The largest absolute Gasteiger partial charge is 0.504 e. The number of hydrogen-bond donors (Lipinski definition) is 2. The van der Waals surface area contributed by atoms with Crippen molar-refractivity contribution >= 4 is 11.7 Å². The summed E-state index contributed by atoms with van der Waals surface area (Å²) in [5.41, 5.74) is 1.01. The molecule has 29 heavy (non-hydrogen) atoms. The number of anilines is 1. The van der Waals surface area contributed by atoms with Crippen molar-refractivity contribution in [2.75, 3.05) is 12.4 Å². The van der Waals surface area contributed by atoms with Gasteiger partial charge in [-0.15, -0.1) is 0 Å². The fourth-order valence-electron chi connectivity index (χ4n) is 3.47. The Hall–Kier alpha value is -3.49. The molecule has 0 radical (unpaired) electrons. The van der Waals surface area contributed by atoms with E-state index in [4.69, 9.17) is 4.74 Å². The second kappa shape index (κ2) is 6.84. The van der Waals surface area contributed by atoms with Crippen LogP contribution in [0.4, 0.5) is 19.0 Å². The van der Waals surface area contributed by atoms with Gasteiger partial charge in [0.05, 0.1) is 18.4 Å². The Morgan fingerprint density at radius 1 is 1.21 bits per heavy atom. The molecule has 1 aliphatic heterocycles. The summed E-state index contributed by atoms with van der Waals surface area (Å²) in [6, 6.07) is 9.53. The smallest absolute Gasteiger partial charge is 0.416 e. The Labute approximate surface area is 163 Å². The number of carbonyl (C=O) groups excluding carboxylic acids is 1. The molecule has 0 fully saturated rings. The van der Waals surface area contributed by atoms with Gasteiger partial charge in [0.25, 0.3) is 0 Å². The topological polar surface area (TPSA) is 76.4 Å². The molecule has 6 nitrogen and oxygen atoms in total. The summed E-state index contributed by atoms with van der Waals surface area (Å²) in [5.74, 6) is -0.124. The molecule has 0 spiro atoms. The number of nitrogens with zero attached hydrogens (tertiary/aromatic N) is 2. The first kappa shape index (κ1) is 18.9. The molecule has 0 saturated heterocycles. The lowest BCUT2D eigenvalue weighted by Gasteiger charge is -2.25. The van der Waals surface area contributed by atoms with Gasteiger partial charge in [0, 0.05) is 18.0 Å². The summed E-state index contributed by atoms with van der Waals surface area (Å²) >= 11 is 0. The molecule has 9 heteroatoms. The van der Waals surface area contributed by atoms with Crippen LogP contribution in [0.3, 0.4) is 0 Å². The second-order valence-electron chi connectivity index (χ2n) is 6.63. The molecule has 0 unspecified atom stereocenters. The molecule has 150 valence electrons. The number of benzene rings is 2. The molecular weight excluding hydrogens is 387 g/mol. The number of aromatic hydroxyl groups is 1. The molecule has 4 rings (SSSR count). The van der Waals surface area contributed by atoms with Crippen LogP contribution < -0.4 is 10.1 Å². The minimum Gasteiger partial charge on any atom is -0.504 e. The quantitative estimate of drug-likeness (QED) is 0.691. The number of carbonyl (C=O) groups is 1. The number of phenols is 1. The van der Waals surface area contributed by atoms with Gasteiger partial charge in [0.15, 0.2) is 17.3 Å². The van der Waals surface area contributed by atoms with Crippen LogP contribution in [0, 0.1) is 0 Å². The van der Waals surface area contributed by atoms with Crippen molar-refractivity contribution in [1.82, 2.24) is 9.55 Å². The Morgan fingerprint density at radius 2 is 1.93 bits per heavy atom. The number of nitrogens with one attached hydrogen (secondary N) is 1. The van der Waals surface area contributed by atoms with Gasteiger partial charge in [-0.1, -0.05) is 6.07 Å². The van der Waals surface area contributed by atoms with Crippen molar-refractivity contribution in [2.24, 2.45) is 0 Å². The molecule has 2 heterocycles. The first-order chi connectivity index (χ1) is 13.8. The summed E-state index contributed by atoms with van der Waals surface area (Å²) in [5, 5.41) is 12.8. The molecule has 3 aromatic rings. The molecule has 2 N–H and O–H groups in total. The summed E-state index contributed by atoms with van der Waals surface area (Å²) < 4.78 is 45.3. The van der Waals surface area contributed by atoms with Crippen molar-refractivity contribution in [3.05, 3.63) is 65.6 Å². The number of halogens is 3. The summed E-state index contributed by atoms with van der Waals surface area (Å²) in [7, 11) is 1.43. The van der Waals surface area contributed by atoms with Crippen LogP contribution in [0.5, 0.6) is 11.5 Å². The fraction of sp³-hybridized carbons (Fsp3) is 0.200. The molecule has 0 aliphatic carbocycles. The number of imidazole rings is 1. The maximum Gasteiger partial charge on any atom is 0.416 e. The van der Waals surface area contributed by atoms with Gasteiger partial charge in [0.1, 0.15) is 6.33 Å². The first-order valence-corrected chi connectivity index (χ1v) is 8.69. The number of aromatic nitrogens is 2. The number of fused-ring (bicyclic) bond motifs is 1. The Bertz CT molecular complexity index is 1070. The van der Waals surface area contributed by atoms with E-state index >= 15 is 0 Å². The van der Waals surface area contributed by atoms with Gasteiger partial charge in [-0.25, -0.2) is 4.98 Å². The molecule has 0 saturated carbocycles. The molecule has 2 aromatic carbocycles. The van der Waals surface area contributed by atoms with E-state index in [2.05, 4.69) is 10.3 Å². The van der Waals surface area contributed by atoms with Gasteiger partial charge in [-0.05, 0) is 42.0 Å². The van der Waals surface area contributed by atoms with Gasteiger partial charge in [0.2, 0.25) is 5.91 Å². The summed E-state index contributed by atoms with van der Waals surface area (Å²) in [6.07, 6.45) is -2.87. The normalized spacial score (nSPS) is 16.3. The van der Waals surface area contributed by atoms with Crippen LogP contribution in [0.25, 0.3) is 5.69 Å². The Balaban J connectivity index is 1.79. The van der Waals surface area contributed by atoms with E-state index in [0.717, 1.165) is 12.1 Å². The van der Waals surface area contributed by atoms with E-state index in [1.54, 1.807) is 16.7 Å². The lowest BCUT2D eigenvalue weighted by Crippen LogP contribution is -2.25. The fourth-order valence-corrected chi connectivity index (χ4v) is 3.47. The molecular formula is C20H16F3N3O3. The number of amides is 1. The van der Waals surface area contributed by atoms with E-state index in [9.17, 15) is 23.1 Å². The van der Waals surface area contributed by atoms with Crippen LogP contribution in [0.2, 0.25) is 0 Å². The zero-order valence-electron chi connectivity index (χ0n) is 15.2. The molecule has 1 aliphatic rings. The third kappa shape index (κ3) is 3.39. The van der Waals surface area contributed by atoms with Crippen molar-refractivity contribution in [2.45, 2.75) is 18.5 Å². The number of ether oxygens (including phenoxy) is 1. The number of phenolic OH excluding ortho intramolecular Hbond substituents is 1. The van der Waals surface area contributed by atoms with Gasteiger partial charge in [-0.3, -0.25) is 4.79 Å². The molecule has 1 amide bonds. The average Bonchev–Trinajstić information content (AvgIpc) is 3.10. The Morgan fingerprint density at radius 3 is 2.55 bits per heavy atom. The van der Waals surface area contributed by atoms with E-state index < -0.39 is 17.7 Å². The van der Waals surface area contributed by atoms with Gasteiger partial charge < -0.3 is 19.7 Å². The monoisotopic (exact) mass is 403 g/mol. The average molecular weight is 403 g/mol. The SMILES string of the molecule is COc1ccc([C@H]2CC(=O)Nc3ncn(-c4ccc(C(F)(F)F)cc4)c32)cc1O. The highest BCUT2D eigenvalue weighted by Gasteiger charge is 2.33. The minimum atomic E-state index is -4.43. The predicted octanol–water partition coefficient (Wildman–Crippen LogP) is 4.08. The highest BCUT2D eigenvalue weighted by Crippen LogP contribution is 2.40. The number of alkyl halides is 3. The molecule has 1 atom stereocenters. The maximum atomic E-state index is 12.9. The third-order valence-electron chi connectivity index (χ3n) is 4.86. The first-order valence-electron chi connectivity index (χ1n) is 8.69. The van der Waals surface area contributed by atoms with Crippen molar-refractivity contribution in [3.8, 4) is 17.2 Å². The minimum absolute atomic E-state index is 0.0712. The number of rotatable bonds is 3. The van der Waals surface area contributed by atoms with Crippen LogP contribution in [0.15, 0.2) is 48.8 Å². The third-order valence-corrected chi connectivity index (χ3v) is 4.86. The van der Waals surface area contributed by atoms with E-state index in [-0.39, 0.29) is 18.1 Å². The lowest BCUT2D eigenvalue weighted by molar-refractivity contribution is -0.137. The van der Waals surface area contributed by atoms with Crippen LogP contribution >= 0.6 is 0 Å². The molecule has 0 bridgehead atoms. The summed E-state index contributed by atoms with van der Waals surface area (Å²) in [6.45, 7) is 0. The lowest BCUT2D eigenvalue weighted by atomic mass is 9.89. The van der Waals surface area contributed by atoms with Crippen molar-refractivity contribution in [1.29, 1.82) is 0 Å². The molecule has 1 aromatic heterocycles. The second-order valence-corrected chi connectivity index (χ2v) is 6.63. The number of methoxy groups -OCH3 is 1. The van der Waals surface area contributed by atoms with Crippen molar-refractivity contribution < 1.29 is 27.8 Å². The standard InChI is InChI=1S/C20H16F3N3O3/c1-29-16-7-2-11(8-15(16)27)14-9-17(28)25-19-18(14)26(10-24-19)13-5-3-12(4-6-13)20(21,22)23/h2-8,10,14,27H,9H2,1H3,(H,25,28)/t14-/m1/s1. The highest BCUT2D eigenvalue weighted by atomic mass is 19.4. The zero-order valence-corrected chi connectivity index (χ0v) is 15.2. The van der Waals surface area contributed by atoms with Gasteiger partial charge in [-0.2, -0.15) is 13.2 Å². The zero-order chi connectivity index (χ0) is 20.8. The Kier molecular flexibility index (Phi) is 4.45. The van der Waals surface area contributed by atoms with E-state index in [1.807, 2.05) is 0 Å². The van der Waals surface area contributed by atoms with Crippen LogP contribution in [0.1, 0.15) is 29.2 Å². The van der Waals surface area contributed by atoms with E-state index in [1.165, 1.54) is 31.6 Å². The van der Waals surface area contributed by atoms with Crippen LogP contribution in [-0.2, 0) is 11.0 Å². The van der Waals surface area contributed by atoms with Crippen LogP contribution in [-0.4, -0.2) is 27.7 Å². The predicted molar refractivity (Wildman–Crippen MR) is 98.3 cm³/mol.